The van der Waals surface area contributed by atoms with Gasteiger partial charge in [-0.25, -0.2) is 9.13 Å². The summed E-state index contributed by atoms with van der Waals surface area (Å²) in [4.78, 5) is 72.8. The van der Waals surface area contributed by atoms with E-state index in [1.807, 2.05) is 12.2 Å². The molecule has 0 aromatic rings. The molecule has 0 fully saturated rings. The zero-order chi connectivity index (χ0) is 71.8. The minimum Gasteiger partial charge on any atom is -0.462 e. The van der Waals surface area contributed by atoms with E-state index in [0.717, 1.165) is 103 Å². The van der Waals surface area contributed by atoms with Gasteiger partial charge < -0.3 is 33.8 Å². The molecule has 98 heavy (non-hydrogen) atoms. The Kier molecular flexibility index (Phi) is 69.3. The van der Waals surface area contributed by atoms with Crippen LogP contribution in [0.1, 0.15) is 349 Å². The molecular weight excluding hydrogens is 1280 g/mol. The maximum Gasteiger partial charge on any atom is 0.472 e. The summed E-state index contributed by atoms with van der Waals surface area (Å²) in [5.41, 5.74) is 0. The fourth-order valence-corrected chi connectivity index (χ4v) is 12.3. The first-order valence-electron chi connectivity index (χ1n) is 39.2. The first-order valence-corrected chi connectivity index (χ1v) is 42.2. The number of rotatable bonds is 74. The molecule has 0 aromatic heterocycles. The normalized spacial score (nSPS) is 14.3. The van der Waals surface area contributed by atoms with Gasteiger partial charge >= 0.3 is 39.5 Å². The number of allylic oxidation sites excluding steroid dienone is 12. The lowest BCUT2D eigenvalue weighted by Crippen LogP contribution is -2.30. The zero-order valence-corrected chi connectivity index (χ0v) is 64.0. The number of carbonyl (C=O) groups excluding carboxylic acids is 4. The van der Waals surface area contributed by atoms with Crippen molar-refractivity contribution < 1.29 is 80.2 Å². The Hall–Kier alpha value is -3.50. The average molecular weight is 1430 g/mol. The highest BCUT2D eigenvalue weighted by Crippen LogP contribution is 2.45. The average Bonchev–Trinajstić information content (AvgIpc) is 1.05. The smallest absolute Gasteiger partial charge is 0.462 e. The highest BCUT2D eigenvalue weighted by Gasteiger charge is 2.30. The summed E-state index contributed by atoms with van der Waals surface area (Å²) in [7, 11) is -9.96. The maximum atomic E-state index is 13.1. The van der Waals surface area contributed by atoms with Gasteiger partial charge in [0.25, 0.3) is 0 Å². The number of carbonyl (C=O) groups is 4. The van der Waals surface area contributed by atoms with Gasteiger partial charge in [0.05, 0.1) is 26.4 Å². The first-order chi connectivity index (χ1) is 47.7. The van der Waals surface area contributed by atoms with Crippen LogP contribution in [-0.2, 0) is 65.4 Å². The first kappa shape index (κ1) is 94.5. The van der Waals surface area contributed by atoms with Gasteiger partial charge in [0, 0.05) is 25.7 Å². The van der Waals surface area contributed by atoms with Crippen LogP contribution >= 0.6 is 15.6 Å². The lowest BCUT2D eigenvalue weighted by molar-refractivity contribution is -0.161. The van der Waals surface area contributed by atoms with E-state index in [9.17, 15) is 43.2 Å². The summed E-state index contributed by atoms with van der Waals surface area (Å²) in [5.74, 6) is -2.23. The maximum absolute atomic E-state index is 13.1. The molecule has 0 saturated carbocycles. The minimum atomic E-state index is -4.98. The highest BCUT2D eigenvalue weighted by atomic mass is 31.2. The Morgan fingerprint density at radius 3 is 0.898 bits per heavy atom. The van der Waals surface area contributed by atoms with Crippen LogP contribution in [0.4, 0.5) is 0 Å². The van der Waals surface area contributed by atoms with Crippen LogP contribution in [0.3, 0.4) is 0 Å². The van der Waals surface area contributed by atoms with E-state index < -0.39 is 97.5 Å². The summed E-state index contributed by atoms with van der Waals surface area (Å²) < 4.78 is 68.5. The summed E-state index contributed by atoms with van der Waals surface area (Å²) in [6.45, 7) is 4.80. The predicted octanol–water partition coefficient (Wildman–Crippen LogP) is 22.4. The minimum absolute atomic E-state index is 0.0229. The second kappa shape index (κ2) is 71.9. The molecule has 0 aliphatic rings. The third-order valence-electron chi connectivity index (χ3n) is 16.7. The van der Waals surface area contributed by atoms with Crippen LogP contribution in [0.5, 0.6) is 0 Å². The second-order valence-electron chi connectivity index (χ2n) is 26.3. The molecule has 570 valence electrons. The molecule has 0 saturated heterocycles. The van der Waals surface area contributed by atoms with Crippen LogP contribution in [0, 0.1) is 0 Å². The van der Waals surface area contributed by atoms with Gasteiger partial charge in [-0.15, -0.1) is 0 Å². The molecule has 0 aromatic carbocycles. The van der Waals surface area contributed by atoms with Gasteiger partial charge in [0.2, 0.25) is 0 Å². The largest absolute Gasteiger partial charge is 0.472 e. The molecule has 0 spiro atoms. The van der Waals surface area contributed by atoms with Gasteiger partial charge in [-0.05, 0) is 89.9 Å². The molecule has 0 radical (unpaired) electrons. The second-order valence-corrected chi connectivity index (χ2v) is 29.2. The fourth-order valence-electron chi connectivity index (χ4n) is 10.7. The number of phosphoric ester groups is 2. The predicted molar refractivity (Wildman–Crippen MR) is 400 cm³/mol. The highest BCUT2D eigenvalue weighted by molar-refractivity contribution is 7.47. The molecule has 2 unspecified atom stereocenters. The number of hydrogen-bond donors (Lipinski definition) is 3. The monoisotopic (exact) mass is 1420 g/mol. The van der Waals surface area contributed by atoms with E-state index in [0.29, 0.717) is 32.1 Å². The quantitative estimate of drug-likeness (QED) is 0.0128. The van der Waals surface area contributed by atoms with Crippen molar-refractivity contribution in [3.05, 3.63) is 72.9 Å². The van der Waals surface area contributed by atoms with Crippen molar-refractivity contribution in [2.45, 2.75) is 367 Å². The van der Waals surface area contributed by atoms with Gasteiger partial charge in [0.1, 0.15) is 19.3 Å². The van der Waals surface area contributed by atoms with Crippen molar-refractivity contribution in [1.82, 2.24) is 0 Å². The third-order valence-corrected chi connectivity index (χ3v) is 18.6. The topological polar surface area (TPSA) is 237 Å². The number of esters is 4. The summed E-state index contributed by atoms with van der Waals surface area (Å²) in [6, 6.07) is 0. The van der Waals surface area contributed by atoms with Crippen molar-refractivity contribution in [1.29, 1.82) is 0 Å². The Labute approximate surface area is 596 Å². The number of aliphatic hydroxyl groups excluding tert-OH is 1. The Morgan fingerprint density at radius 2 is 0.541 bits per heavy atom. The molecule has 5 atom stereocenters. The Bertz CT molecular complexity index is 2140. The Balaban J connectivity index is 5.39. The molecule has 17 nitrogen and oxygen atoms in total. The van der Waals surface area contributed by atoms with Crippen molar-refractivity contribution in [2.24, 2.45) is 0 Å². The summed E-state index contributed by atoms with van der Waals surface area (Å²) >= 11 is 0. The van der Waals surface area contributed by atoms with Crippen molar-refractivity contribution in [2.75, 3.05) is 39.6 Å². The van der Waals surface area contributed by atoms with Crippen LogP contribution < -0.4 is 0 Å². The van der Waals surface area contributed by atoms with Crippen molar-refractivity contribution in [3.63, 3.8) is 0 Å². The summed E-state index contributed by atoms with van der Waals surface area (Å²) in [5, 5.41) is 10.6. The standard InChI is InChI=1S/C79H142O17P2/c1-5-9-13-17-21-25-29-33-35-36-38-42-46-50-54-58-62-66-79(84)96-75(70-90-77(82)64-60-56-52-48-44-40-32-28-24-20-16-12-8-4)72-94-98(87,88)92-68-73(80)67-91-97(85,86)93-71-74(69-89-76(81)63-59-55-51-47-43-39-31-27-23-19-15-11-7-3)95-78(83)65-61-57-53-49-45-41-37-34-30-26-22-18-14-10-6-2/h21,25-26,30,33-35,37-38,42,50,54,73-75,80H,5-20,22-24,27-29,31-32,36,39-41,43-49,51-53,55-72H2,1-4H3,(H,85,86)(H,87,88)/b25-21-,30-26-,35-33-,37-34-,42-38-,54-50-/t73-,74+,75+/m0/s1. The number of ether oxygens (including phenoxy) is 4. The van der Waals surface area contributed by atoms with Crippen molar-refractivity contribution in [3.8, 4) is 0 Å². The summed E-state index contributed by atoms with van der Waals surface area (Å²) in [6.07, 6.45) is 71.7. The number of aliphatic hydroxyl groups is 1. The lowest BCUT2D eigenvalue weighted by atomic mass is 10.0. The zero-order valence-electron chi connectivity index (χ0n) is 62.2. The SMILES string of the molecule is CCCCC/C=C\C/C=C\C/C=C\C/C=C\CCCC(=O)O[C@H](COC(=O)CCCCCCCCCCCCCCC)COP(=O)(O)OC[C@@H](O)COP(=O)(O)OC[C@@H](COC(=O)CCCCCCCCCCCCCCC)OC(=O)CCCCCCC/C=C\C=C/CCCCCC. The van der Waals surface area contributed by atoms with Crippen LogP contribution in [0.25, 0.3) is 0 Å². The third kappa shape index (κ3) is 70.9. The van der Waals surface area contributed by atoms with Crippen LogP contribution in [0.15, 0.2) is 72.9 Å². The van der Waals surface area contributed by atoms with Gasteiger partial charge in [-0.1, -0.05) is 306 Å². The molecule has 19 heteroatoms. The molecule has 0 bridgehead atoms. The molecule has 0 aliphatic carbocycles. The molecule has 0 heterocycles. The number of phosphoric acid groups is 2. The van der Waals surface area contributed by atoms with Gasteiger partial charge in [-0.2, -0.15) is 0 Å². The van der Waals surface area contributed by atoms with Crippen molar-refractivity contribution >= 4 is 39.5 Å². The van der Waals surface area contributed by atoms with E-state index >= 15 is 0 Å². The number of unbranched alkanes of at least 4 members (excludes halogenated alkanes) is 37. The van der Waals surface area contributed by atoms with E-state index in [-0.39, 0.29) is 25.7 Å². The Morgan fingerprint density at radius 1 is 0.296 bits per heavy atom. The van der Waals surface area contributed by atoms with E-state index in [2.05, 4.69) is 88.5 Å². The van der Waals surface area contributed by atoms with Crippen LogP contribution in [0.2, 0.25) is 0 Å². The molecule has 0 rings (SSSR count). The van der Waals surface area contributed by atoms with Crippen LogP contribution in [-0.4, -0.2) is 96.7 Å². The van der Waals surface area contributed by atoms with Gasteiger partial charge in [-0.3, -0.25) is 37.3 Å². The van der Waals surface area contributed by atoms with E-state index in [1.54, 1.807) is 0 Å². The number of hydrogen-bond acceptors (Lipinski definition) is 15. The molecule has 0 aliphatic heterocycles. The molecular formula is C79H142O17P2. The molecule has 3 N–H and O–H groups in total. The van der Waals surface area contributed by atoms with E-state index in [1.165, 1.54) is 161 Å². The molecule has 0 amide bonds. The fraction of sp³-hybridized carbons (Fsp3) is 0.797. The lowest BCUT2D eigenvalue weighted by Gasteiger charge is -2.21. The van der Waals surface area contributed by atoms with E-state index in [4.69, 9.17) is 37.0 Å². The van der Waals surface area contributed by atoms with Gasteiger partial charge in [0.15, 0.2) is 12.2 Å².